The molecule has 2 fully saturated rings. The smallest absolute Gasteiger partial charge is 0.308 e. The maximum atomic E-state index is 12.1. The van der Waals surface area contributed by atoms with Crippen molar-refractivity contribution in [3.05, 3.63) is 0 Å². The third-order valence-electron chi connectivity index (χ3n) is 4.74. The predicted molar refractivity (Wildman–Crippen MR) is 81.1 cm³/mol. The molecule has 2 amide bonds. The van der Waals surface area contributed by atoms with E-state index in [1.54, 1.807) is 4.90 Å². The number of aliphatic carboxylic acids is 1. The number of likely N-dealkylation sites (tertiary alicyclic amines) is 1. The molecule has 2 aliphatic rings. The highest BCUT2D eigenvalue weighted by atomic mass is 16.4. The minimum absolute atomic E-state index is 0.0603. The van der Waals surface area contributed by atoms with Crippen molar-refractivity contribution in [2.24, 2.45) is 11.8 Å². The first-order valence-corrected chi connectivity index (χ1v) is 8.36. The molecule has 6 nitrogen and oxygen atoms in total. The maximum Gasteiger partial charge on any atom is 0.308 e. The first-order valence-electron chi connectivity index (χ1n) is 8.36. The van der Waals surface area contributed by atoms with Crippen LogP contribution in [0.5, 0.6) is 0 Å². The zero-order chi connectivity index (χ0) is 15.9. The fourth-order valence-electron chi connectivity index (χ4n) is 3.37. The average Bonchev–Trinajstić information content (AvgIpc) is 2.55. The van der Waals surface area contributed by atoms with Gasteiger partial charge in [0.15, 0.2) is 0 Å². The summed E-state index contributed by atoms with van der Waals surface area (Å²) in [5, 5.41) is 11.9. The van der Waals surface area contributed by atoms with Crippen molar-refractivity contribution in [3.63, 3.8) is 0 Å². The Morgan fingerprint density at radius 3 is 2.36 bits per heavy atom. The lowest BCUT2D eigenvalue weighted by atomic mass is 9.89. The lowest BCUT2D eigenvalue weighted by molar-refractivity contribution is -0.145. The predicted octanol–water partition coefficient (Wildman–Crippen LogP) is 1.40. The minimum Gasteiger partial charge on any atom is -0.481 e. The lowest BCUT2D eigenvalue weighted by Crippen LogP contribution is -2.43. The number of nitrogens with one attached hydrogen (secondary N) is 1. The van der Waals surface area contributed by atoms with Crippen molar-refractivity contribution in [2.75, 3.05) is 19.6 Å². The maximum absolute atomic E-state index is 12.1. The van der Waals surface area contributed by atoms with Crippen molar-refractivity contribution in [3.8, 4) is 0 Å². The van der Waals surface area contributed by atoms with Crippen molar-refractivity contribution < 1.29 is 19.5 Å². The fourth-order valence-corrected chi connectivity index (χ4v) is 3.37. The van der Waals surface area contributed by atoms with E-state index in [1.807, 2.05) is 0 Å². The van der Waals surface area contributed by atoms with Gasteiger partial charge in [-0.1, -0.05) is 19.3 Å². The summed E-state index contributed by atoms with van der Waals surface area (Å²) in [5.41, 5.74) is 0. The van der Waals surface area contributed by atoms with Crippen molar-refractivity contribution in [1.29, 1.82) is 0 Å². The van der Waals surface area contributed by atoms with E-state index in [9.17, 15) is 14.4 Å². The third-order valence-corrected chi connectivity index (χ3v) is 4.74. The standard InChI is InChI=1S/C16H26N2O4/c19-14(18-10-4-7-13(11-18)16(21)22)8-9-17-15(20)12-5-2-1-3-6-12/h12-13H,1-11H2,(H,17,20)(H,21,22). The van der Waals surface area contributed by atoms with Gasteiger partial charge >= 0.3 is 5.97 Å². The molecule has 22 heavy (non-hydrogen) atoms. The molecule has 6 heteroatoms. The van der Waals surface area contributed by atoms with Crippen LogP contribution in [0.3, 0.4) is 0 Å². The van der Waals surface area contributed by atoms with E-state index in [1.165, 1.54) is 6.42 Å². The summed E-state index contributed by atoms with van der Waals surface area (Å²) in [4.78, 5) is 36.7. The summed E-state index contributed by atoms with van der Waals surface area (Å²) in [7, 11) is 0. The van der Waals surface area contributed by atoms with Crippen LogP contribution < -0.4 is 5.32 Å². The Kier molecular flexibility index (Phi) is 6.21. The van der Waals surface area contributed by atoms with E-state index in [0.717, 1.165) is 32.1 Å². The molecule has 0 bridgehead atoms. The quantitative estimate of drug-likeness (QED) is 0.803. The van der Waals surface area contributed by atoms with E-state index in [-0.39, 0.29) is 24.2 Å². The van der Waals surface area contributed by atoms with Gasteiger partial charge in [0, 0.05) is 32.0 Å². The van der Waals surface area contributed by atoms with Crippen molar-refractivity contribution in [2.45, 2.75) is 51.4 Å². The molecular formula is C16H26N2O4. The molecule has 1 aliphatic carbocycles. The topological polar surface area (TPSA) is 86.7 Å². The van der Waals surface area contributed by atoms with Crippen LogP contribution in [0.4, 0.5) is 0 Å². The normalized spacial score (nSPS) is 23.1. The Balaban J connectivity index is 1.68. The molecule has 0 aromatic heterocycles. The number of carbonyl (C=O) groups excluding carboxylic acids is 2. The molecular weight excluding hydrogens is 284 g/mol. The van der Waals surface area contributed by atoms with Crippen LogP contribution in [0.2, 0.25) is 0 Å². The van der Waals surface area contributed by atoms with E-state index in [4.69, 9.17) is 5.11 Å². The van der Waals surface area contributed by atoms with Crippen LogP contribution in [-0.2, 0) is 14.4 Å². The number of piperidine rings is 1. The first kappa shape index (κ1) is 16.8. The van der Waals surface area contributed by atoms with Crippen LogP contribution in [0.15, 0.2) is 0 Å². The molecule has 0 aromatic rings. The monoisotopic (exact) mass is 310 g/mol. The molecule has 0 aromatic carbocycles. The second kappa shape index (κ2) is 8.15. The van der Waals surface area contributed by atoms with Gasteiger partial charge in [-0.25, -0.2) is 0 Å². The van der Waals surface area contributed by atoms with Gasteiger partial charge in [0.1, 0.15) is 0 Å². The van der Waals surface area contributed by atoms with Gasteiger partial charge in [-0.15, -0.1) is 0 Å². The Bertz CT molecular complexity index is 418. The largest absolute Gasteiger partial charge is 0.481 e. The number of hydrogen-bond acceptors (Lipinski definition) is 3. The number of carboxylic acids is 1. The molecule has 1 unspecified atom stereocenters. The molecule has 0 spiro atoms. The summed E-state index contributed by atoms with van der Waals surface area (Å²) in [6.07, 6.45) is 6.96. The van der Waals surface area contributed by atoms with E-state index in [2.05, 4.69) is 5.32 Å². The average molecular weight is 310 g/mol. The zero-order valence-electron chi connectivity index (χ0n) is 13.1. The van der Waals surface area contributed by atoms with Gasteiger partial charge in [-0.2, -0.15) is 0 Å². The molecule has 1 saturated heterocycles. The van der Waals surface area contributed by atoms with E-state index < -0.39 is 11.9 Å². The number of carboxylic acid groups (broad SMARTS) is 1. The number of nitrogens with zero attached hydrogens (tertiary/aromatic N) is 1. The molecule has 1 saturated carbocycles. The van der Waals surface area contributed by atoms with Gasteiger partial charge in [-0.05, 0) is 25.7 Å². The van der Waals surface area contributed by atoms with E-state index >= 15 is 0 Å². The fraction of sp³-hybridized carbons (Fsp3) is 0.812. The van der Waals surface area contributed by atoms with Gasteiger partial charge < -0.3 is 15.3 Å². The summed E-state index contributed by atoms with van der Waals surface area (Å²) in [5.74, 6) is -1.17. The van der Waals surface area contributed by atoms with Gasteiger partial charge in [0.05, 0.1) is 5.92 Å². The second-order valence-corrected chi connectivity index (χ2v) is 6.39. The highest BCUT2D eigenvalue weighted by molar-refractivity contribution is 5.81. The van der Waals surface area contributed by atoms with Crippen LogP contribution in [0, 0.1) is 11.8 Å². The van der Waals surface area contributed by atoms with E-state index in [0.29, 0.717) is 26.1 Å². The highest BCUT2D eigenvalue weighted by Gasteiger charge is 2.28. The third kappa shape index (κ3) is 4.71. The summed E-state index contributed by atoms with van der Waals surface area (Å²) in [6, 6.07) is 0. The zero-order valence-corrected chi connectivity index (χ0v) is 13.1. The van der Waals surface area contributed by atoms with Gasteiger partial charge in [0.2, 0.25) is 11.8 Å². The molecule has 1 aliphatic heterocycles. The Labute approximate surface area is 131 Å². The van der Waals surface area contributed by atoms with Crippen molar-refractivity contribution in [1.82, 2.24) is 10.2 Å². The summed E-state index contributed by atoms with van der Waals surface area (Å²) in [6.45, 7) is 1.27. The molecule has 124 valence electrons. The van der Waals surface area contributed by atoms with Crippen LogP contribution in [0.25, 0.3) is 0 Å². The molecule has 1 heterocycles. The second-order valence-electron chi connectivity index (χ2n) is 6.39. The van der Waals surface area contributed by atoms with Gasteiger partial charge in [-0.3, -0.25) is 14.4 Å². The van der Waals surface area contributed by atoms with Crippen LogP contribution in [-0.4, -0.2) is 47.4 Å². The van der Waals surface area contributed by atoms with Crippen LogP contribution >= 0.6 is 0 Å². The molecule has 0 radical (unpaired) electrons. The van der Waals surface area contributed by atoms with Crippen molar-refractivity contribution >= 4 is 17.8 Å². The minimum atomic E-state index is -0.830. The number of amides is 2. The number of rotatable bonds is 5. The Hall–Kier alpha value is -1.59. The number of carbonyl (C=O) groups is 3. The SMILES string of the molecule is O=C(O)C1CCCN(C(=O)CCNC(=O)C2CCCCC2)C1. The molecule has 2 rings (SSSR count). The highest BCUT2D eigenvalue weighted by Crippen LogP contribution is 2.23. The summed E-state index contributed by atoms with van der Waals surface area (Å²) >= 11 is 0. The number of hydrogen-bond donors (Lipinski definition) is 2. The first-order chi connectivity index (χ1) is 10.6. The Morgan fingerprint density at radius 1 is 1.00 bits per heavy atom. The van der Waals surface area contributed by atoms with Gasteiger partial charge in [0.25, 0.3) is 0 Å². The summed E-state index contributed by atoms with van der Waals surface area (Å²) < 4.78 is 0. The lowest BCUT2D eigenvalue weighted by Gasteiger charge is -2.30. The Morgan fingerprint density at radius 2 is 1.68 bits per heavy atom. The van der Waals surface area contributed by atoms with Crippen LogP contribution in [0.1, 0.15) is 51.4 Å². The molecule has 2 N–H and O–H groups in total. The molecule has 1 atom stereocenters.